The minimum Gasteiger partial charge on any atom is -0.258 e. The van der Waals surface area contributed by atoms with Gasteiger partial charge in [-0.15, -0.1) is 0 Å². The van der Waals surface area contributed by atoms with Crippen LogP contribution in [0.25, 0.3) is 0 Å². The molecule has 9 heteroatoms. The van der Waals surface area contributed by atoms with E-state index in [1.54, 1.807) is 0 Å². The second-order valence-corrected chi connectivity index (χ2v) is 5.52. The molecule has 0 amide bonds. The summed E-state index contributed by atoms with van der Waals surface area (Å²) in [6, 6.07) is 3.28. The SMILES string of the molecule is O=[N+]([O-])c1cc(S(=O)(=O)n2ccnc2)ccc1Cl. The number of hydrogen-bond acceptors (Lipinski definition) is 5. The van der Waals surface area contributed by atoms with Crippen LogP contribution in [-0.4, -0.2) is 22.3 Å². The summed E-state index contributed by atoms with van der Waals surface area (Å²) in [6.07, 6.45) is 3.62. The van der Waals surface area contributed by atoms with Crippen molar-refractivity contribution in [3.8, 4) is 0 Å². The molecule has 0 bridgehead atoms. The molecule has 0 radical (unpaired) electrons. The van der Waals surface area contributed by atoms with E-state index in [4.69, 9.17) is 11.6 Å². The van der Waals surface area contributed by atoms with Crippen LogP contribution < -0.4 is 0 Å². The molecular weight excluding hydrogens is 282 g/mol. The Kier molecular flexibility index (Phi) is 3.05. The largest absolute Gasteiger partial charge is 0.289 e. The molecule has 18 heavy (non-hydrogen) atoms. The van der Waals surface area contributed by atoms with Crippen molar-refractivity contribution in [1.82, 2.24) is 8.96 Å². The number of hydrogen-bond donors (Lipinski definition) is 0. The smallest absolute Gasteiger partial charge is 0.258 e. The van der Waals surface area contributed by atoms with E-state index in [9.17, 15) is 18.5 Å². The Hall–Kier alpha value is -1.93. The molecule has 1 aromatic carbocycles. The lowest BCUT2D eigenvalue weighted by atomic mass is 10.3. The van der Waals surface area contributed by atoms with Gasteiger partial charge in [0, 0.05) is 18.5 Å². The fraction of sp³-hybridized carbons (Fsp3) is 0. The summed E-state index contributed by atoms with van der Waals surface area (Å²) >= 11 is 5.61. The molecule has 1 aromatic heterocycles. The zero-order valence-corrected chi connectivity index (χ0v) is 10.3. The fourth-order valence-electron chi connectivity index (χ4n) is 1.30. The number of rotatable bonds is 3. The lowest BCUT2D eigenvalue weighted by molar-refractivity contribution is -0.384. The van der Waals surface area contributed by atoms with Gasteiger partial charge < -0.3 is 0 Å². The topological polar surface area (TPSA) is 95.1 Å². The zero-order valence-electron chi connectivity index (χ0n) is 8.72. The van der Waals surface area contributed by atoms with Crippen molar-refractivity contribution in [3.63, 3.8) is 0 Å². The van der Waals surface area contributed by atoms with Crippen LogP contribution in [0.1, 0.15) is 0 Å². The quantitative estimate of drug-likeness (QED) is 0.632. The lowest BCUT2D eigenvalue weighted by Gasteiger charge is -2.05. The first-order valence-electron chi connectivity index (χ1n) is 4.60. The van der Waals surface area contributed by atoms with Crippen molar-refractivity contribution in [2.45, 2.75) is 4.90 Å². The molecular formula is C9H6ClN3O4S. The molecule has 0 saturated carbocycles. The third-order valence-corrected chi connectivity index (χ3v) is 4.11. The second kappa shape index (κ2) is 4.39. The Labute approximate surface area is 107 Å². The molecule has 1 heterocycles. The molecule has 2 aromatic rings. The van der Waals surface area contributed by atoms with Crippen molar-refractivity contribution in [2.75, 3.05) is 0 Å². The average molecular weight is 288 g/mol. The molecule has 0 aliphatic carbocycles. The van der Waals surface area contributed by atoms with Crippen LogP contribution in [0.5, 0.6) is 0 Å². The van der Waals surface area contributed by atoms with E-state index in [1.165, 1.54) is 24.5 Å². The van der Waals surface area contributed by atoms with Crippen LogP contribution in [0, 0.1) is 10.1 Å². The highest BCUT2D eigenvalue weighted by Gasteiger charge is 2.21. The summed E-state index contributed by atoms with van der Waals surface area (Å²) in [5.74, 6) is 0. The molecule has 0 unspecified atom stereocenters. The third kappa shape index (κ3) is 2.07. The number of aromatic nitrogens is 2. The molecule has 0 saturated heterocycles. The van der Waals surface area contributed by atoms with Crippen molar-refractivity contribution >= 4 is 27.3 Å². The summed E-state index contributed by atoms with van der Waals surface area (Å²) in [4.78, 5) is 13.3. The first-order valence-corrected chi connectivity index (χ1v) is 6.42. The van der Waals surface area contributed by atoms with Gasteiger partial charge in [0.1, 0.15) is 11.3 Å². The van der Waals surface area contributed by atoms with Crippen LogP contribution in [0.4, 0.5) is 5.69 Å². The molecule has 0 N–H and O–H groups in total. The highest BCUT2D eigenvalue weighted by Crippen LogP contribution is 2.27. The van der Waals surface area contributed by atoms with Gasteiger partial charge in [0.25, 0.3) is 15.7 Å². The molecule has 0 atom stereocenters. The number of benzene rings is 1. The van der Waals surface area contributed by atoms with Gasteiger partial charge in [-0.1, -0.05) is 11.6 Å². The Morgan fingerprint density at radius 1 is 1.39 bits per heavy atom. The van der Waals surface area contributed by atoms with Gasteiger partial charge in [-0.25, -0.2) is 17.4 Å². The van der Waals surface area contributed by atoms with Crippen LogP contribution in [0.3, 0.4) is 0 Å². The Balaban J connectivity index is 2.60. The number of nitro benzene ring substituents is 1. The number of imidazole rings is 1. The van der Waals surface area contributed by atoms with E-state index in [2.05, 4.69) is 4.98 Å². The summed E-state index contributed by atoms with van der Waals surface area (Å²) in [6.45, 7) is 0. The van der Waals surface area contributed by atoms with Gasteiger partial charge in [0.05, 0.1) is 9.82 Å². The molecule has 2 rings (SSSR count). The molecule has 0 fully saturated rings. The van der Waals surface area contributed by atoms with E-state index in [-0.39, 0.29) is 9.92 Å². The van der Waals surface area contributed by atoms with E-state index in [1.807, 2.05) is 0 Å². The highest BCUT2D eigenvalue weighted by molar-refractivity contribution is 7.90. The summed E-state index contributed by atoms with van der Waals surface area (Å²) in [5, 5.41) is 10.6. The number of halogens is 1. The molecule has 0 aliphatic heterocycles. The fourth-order valence-corrected chi connectivity index (χ4v) is 2.63. The Bertz CT molecular complexity index is 697. The van der Waals surface area contributed by atoms with Crippen LogP contribution >= 0.6 is 11.6 Å². The molecule has 7 nitrogen and oxygen atoms in total. The van der Waals surface area contributed by atoms with Gasteiger partial charge >= 0.3 is 0 Å². The average Bonchev–Trinajstić information content (AvgIpc) is 2.82. The minimum atomic E-state index is -3.88. The first kappa shape index (κ1) is 12.5. The standard InChI is InChI=1S/C9H6ClN3O4S/c10-8-2-1-7(5-9(8)13(14)15)18(16,17)12-4-3-11-6-12/h1-6H. The molecule has 0 aliphatic rings. The van der Waals surface area contributed by atoms with Gasteiger partial charge in [-0.3, -0.25) is 10.1 Å². The Morgan fingerprint density at radius 3 is 2.67 bits per heavy atom. The monoisotopic (exact) mass is 287 g/mol. The summed E-state index contributed by atoms with van der Waals surface area (Å²) in [5.41, 5.74) is -0.460. The second-order valence-electron chi connectivity index (χ2n) is 3.27. The van der Waals surface area contributed by atoms with Gasteiger partial charge in [0.2, 0.25) is 0 Å². The Morgan fingerprint density at radius 2 is 2.11 bits per heavy atom. The maximum absolute atomic E-state index is 12.0. The number of nitro groups is 1. The van der Waals surface area contributed by atoms with Gasteiger partial charge in [-0.05, 0) is 12.1 Å². The lowest BCUT2D eigenvalue weighted by Crippen LogP contribution is -2.11. The van der Waals surface area contributed by atoms with Crippen LogP contribution in [-0.2, 0) is 10.0 Å². The van der Waals surface area contributed by atoms with E-state index in [0.717, 1.165) is 16.4 Å². The summed E-state index contributed by atoms with van der Waals surface area (Å²) < 4.78 is 24.9. The first-order chi connectivity index (χ1) is 8.43. The maximum atomic E-state index is 12.0. The maximum Gasteiger partial charge on any atom is 0.289 e. The minimum absolute atomic E-state index is 0.121. The van der Waals surface area contributed by atoms with Crippen molar-refractivity contribution in [1.29, 1.82) is 0 Å². The third-order valence-electron chi connectivity index (χ3n) is 2.17. The molecule has 94 valence electrons. The van der Waals surface area contributed by atoms with Gasteiger partial charge in [0.15, 0.2) is 0 Å². The molecule has 0 spiro atoms. The van der Waals surface area contributed by atoms with Crippen molar-refractivity contribution in [3.05, 3.63) is 52.1 Å². The normalized spacial score (nSPS) is 11.4. The van der Waals surface area contributed by atoms with Crippen LogP contribution in [0.15, 0.2) is 41.8 Å². The highest BCUT2D eigenvalue weighted by atomic mass is 35.5. The van der Waals surface area contributed by atoms with E-state index >= 15 is 0 Å². The van der Waals surface area contributed by atoms with Crippen molar-refractivity contribution < 1.29 is 13.3 Å². The predicted octanol–water partition coefficient (Wildman–Crippen LogP) is 1.68. The van der Waals surface area contributed by atoms with E-state index < -0.39 is 20.6 Å². The number of nitrogens with zero attached hydrogens (tertiary/aromatic N) is 3. The van der Waals surface area contributed by atoms with Gasteiger partial charge in [-0.2, -0.15) is 0 Å². The zero-order chi connectivity index (χ0) is 13.3. The van der Waals surface area contributed by atoms with E-state index in [0.29, 0.717) is 0 Å². The van der Waals surface area contributed by atoms with Crippen LogP contribution in [0.2, 0.25) is 5.02 Å². The predicted molar refractivity (Wildman–Crippen MR) is 62.9 cm³/mol. The summed E-state index contributed by atoms with van der Waals surface area (Å²) in [7, 11) is -3.88. The van der Waals surface area contributed by atoms with Crippen molar-refractivity contribution in [2.24, 2.45) is 0 Å².